The van der Waals surface area contributed by atoms with E-state index < -0.39 is 0 Å². The lowest BCUT2D eigenvalue weighted by Gasteiger charge is -2.07. The van der Waals surface area contributed by atoms with Crippen LogP contribution in [-0.4, -0.2) is 15.7 Å². The van der Waals surface area contributed by atoms with E-state index in [1.807, 2.05) is 67.1 Å². The lowest BCUT2D eigenvalue weighted by atomic mass is 10.1. The molecule has 1 aromatic heterocycles. The molecule has 0 aliphatic rings. The van der Waals surface area contributed by atoms with Crippen molar-refractivity contribution >= 4 is 21.8 Å². The highest BCUT2D eigenvalue weighted by Crippen LogP contribution is 2.18. The second-order valence-corrected chi connectivity index (χ2v) is 6.51. The molecule has 0 bridgehead atoms. The standard InChI is InChI=1S/C19H18BrN3O/c1-13-18(12-21-19(24)15-7-6-8-16(20)11-15)14(2)23(22-13)17-9-4-3-5-10-17/h3-11H,12H2,1-2H3,(H,21,24). The van der Waals surface area contributed by atoms with Crippen molar-refractivity contribution in [2.75, 3.05) is 0 Å². The van der Waals surface area contributed by atoms with Crippen LogP contribution >= 0.6 is 15.9 Å². The lowest BCUT2D eigenvalue weighted by Crippen LogP contribution is -2.23. The number of carbonyl (C=O) groups excluding carboxylic acids is 1. The molecule has 3 aromatic rings. The first-order valence-electron chi connectivity index (χ1n) is 7.70. The van der Waals surface area contributed by atoms with E-state index in [0.29, 0.717) is 12.1 Å². The number of hydrogen-bond acceptors (Lipinski definition) is 2. The minimum absolute atomic E-state index is 0.0949. The summed E-state index contributed by atoms with van der Waals surface area (Å²) in [5.74, 6) is -0.0949. The highest BCUT2D eigenvalue weighted by Gasteiger charge is 2.14. The molecule has 0 aliphatic heterocycles. The number of benzene rings is 2. The molecule has 1 N–H and O–H groups in total. The maximum Gasteiger partial charge on any atom is 0.251 e. The molecular formula is C19H18BrN3O. The molecule has 1 heterocycles. The van der Waals surface area contributed by atoms with Gasteiger partial charge in [-0.05, 0) is 44.2 Å². The summed E-state index contributed by atoms with van der Waals surface area (Å²) in [6, 6.07) is 17.3. The van der Waals surface area contributed by atoms with Crippen LogP contribution in [0.25, 0.3) is 5.69 Å². The Kier molecular flexibility index (Phi) is 4.81. The Bertz CT molecular complexity index is 872. The monoisotopic (exact) mass is 383 g/mol. The van der Waals surface area contributed by atoms with E-state index in [4.69, 9.17) is 0 Å². The summed E-state index contributed by atoms with van der Waals surface area (Å²) in [5, 5.41) is 7.58. The first-order valence-corrected chi connectivity index (χ1v) is 8.50. The Balaban J connectivity index is 1.79. The quantitative estimate of drug-likeness (QED) is 0.734. The van der Waals surface area contributed by atoms with Crippen LogP contribution in [0.5, 0.6) is 0 Å². The van der Waals surface area contributed by atoms with Crippen molar-refractivity contribution in [3.05, 3.63) is 81.6 Å². The van der Waals surface area contributed by atoms with Crippen molar-refractivity contribution in [2.24, 2.45) is 0 Å². The Hall–Kier alpha value is -2.40. The minimum Gasteiger partial charge on any atom is -0.348 e. The van der Waals surface area contributed by atoms with Gasteiger partial charge in [-0.15, -0.1) is 0 Å². The van der Waals surface area contributed by atoms with Gasteiger partial charge in [-0.3, -0.25) is 4.79 Å². The van der Waals surface area contributed by atoms with Gasteiger partial charge in [-0.2, -0.15) is 5.10 Å². The molecule has 2 aromatic carbocycles. The van der Waals surface area contributed by atoms with Gasteiger partial charge in [-0.1, -0.05) is 40.2 Å². The van der Waals surface area contributed by atoms with Gasteiger partial charge in [0, 0.05) is 27.8 Å². The van der Waals surface area contributed by atoms with Crippen LogP contribution in [0.1, 0.15) is 27.3 Å². The van der Waals surface area contributed by atoms with Crippen LogP contribution in [0.3, 0.4) is 0 Å². The summed E-state index contributed by atoms with van der Waals surface area (Å²) < 4.78 is 2.80. The third kappa shape index (κ3) is 3.41. The fourth-order valence-electron chi connectivity index (χ4n) is 2.65. The predicted octanol–water partition coefficient (Wildman–Crippen LogP) is 4.18. The zero-order valence-corrected chi connectivity index (χ0v) is 15.2. The fraction of sp³-hybridized carbons (Fsp3) is 0.158. The van der Waals surface area contributed by atoms with Crippen molar-refractivity contribution in [3.8, 4) is 5.69 Å². The molecule has 3 rings (SSSR count). The van der Waals surface area contributed by atoms with Gasteiger partial charge in [0.05, 0.1) is 11.4 Å². The summed E-state index contributed by atoms with van der Waals surface area (Å²) in [4.78, 5) is 12.3. The van der Waals surface area contributed by atoms with Crippen molar-refractivity contribution in [2.45, 2.75) is 20.4 Å². The number of nitrogens with one attached hydrogen (secondary N) is 1. The van der Waals surface area contributed by atoms with Crippen LogP contribution < -0.4 is 5.32 Å². The number of hydrogen-bond donors (Lipinski definition) is 1. The topological polar surface area (TPSA) is 46.9 Å². The Morgan fingerprint density at radius 1 is 1.12 bits per heavy atom. The predicted molar refractivity (Wildman–Crippen MR) is 98.4 cm³/mol. The number of para-hydroxylation sites is 1. The second kappa shape index (κ2) is 7.01. The van der Waals surface area contributed by atoms with E-state index >= 15 is 0 Å². The highest BCUT2D eigenvalue weighted by molar-refractivity contribution is 9.10. The van der Waals surface area contributed by atoms with Crippen molar-refractivity contribution in [1.82, 2.24) is 15.1 Å². The molecule has 0 spiro atoms. The van der Waals surface area contributed by atoms with Gasteiger partial charge in [0.25, 0.3) is 5.91 Å². The summed E-state index contributed by atoms with van der Waals surface area (Å²) in [7, 11) is 0. The summed E-state index contributed by atoms with van der Waals surface area (Å²) in [6.07, 6.45) is 0. The smallest absolute Gasteiger partial charge is 0.251 e. The first kappa shape index (κ1) is 16.5. The molecular weight excluding hydrogens is 366 g/mol. The van der Waals surface area contributed by atoms with E-state index in [-0.39, 0.29) is 5.91 Å². The number of halogens is 1. The van der Waals surface area contributed by atoms with Crippen LogP contribution in [0.15, 0.2) is 59.1 Å². The molecule has 0 aliphatic carbocycles. The molecule has 0 atom stereocenters. The van der Waals surface area contributed by atoms with Crippen molar-refractivity contribution < 1.29 is 4.79 Å². The number of nitrogens with zero attached hydrogens (tertiary/aromatic N) is 2. The summed E-state index contributed by atoms with van der Waals surface area (Å²) >= 11 is 3.39. The molecule has 0 saturated carbocycles. The van der Waals surface area contributed by atoms with E-state index in [1.165, 1.54) is 0 Å². The SMILES string of the molecule is Cc1nn(-c2ccccc2)c(C)c1CNC(=O)c1cccc(Br)c1. The van der Waals surface area contributed by atoms with Gasteiger partial charge in [0.15, 0.2) is 0 Å². The third-order valence-electron chi connectivity index (χ3n) is 3.95. The van der Waals surface area contributed by atoms with Crippen molar-refractivity contribution in [1.29, 1.82) is 0 Å². The minimum atomic E-state index is -0.0949. The average molecular weight is 384 g/mol. The van der Waals surface area contributed by atoms with E-state index in [0.717, 1.165) is 27.1 Å². The van der Waals surface area contributed by atoms with Crippen molar-refractivity contribution in [3.63, 3.8) is 0 Å². The average Bonchev–Trinajstić information content (AvgIpc) is 2.88. The van der Waals surface area contributed by atoms with E-state index in [1.54, 1.807) is 6.07 Å². The molecule has 4 nitrogen and oxygen atoms in total. The zero-order valence-electron chi connectivity index (χ0n) is 13.6. The molecule has 122 valence electrons. The highest BCUT2D eigenvalue weighted by atomic mass is 79.9. The number of aromatic nitrogens is 2. The lowest BCUT2D eigenvalue weighted by molar-refractivity contribution is 0.0951. The normalized spacial score (nSPS) is 10.6. The molecule has 1 amide bonds. The van der Waals surface area contributed by atoms with Crippen LogP contribution in [0.4, 0.5) is 0 Å². The molecule has 0 fully saturated rings. The number of amides is 1. The fourth-order valence-corrected chi connectivity index (χ4v) is 3.05. The maximum absolute atomic E-state index is 12.3. The zero-order chi connectivity index (χ0) is 17.1. The maximum atomic E-state index is 12.3. The van der Waals surface area contributed by atoms with Crippen LogP contribution in [0, 0.1) is 13.8 Å². The van der Waals surface area contributed by atoms with Gasteiger partial charge in [-0.25, -0.2) is 4.68 Å². The number of aryl methyl sites for hydroxylation is 1. The number of carbonyl (C=O) groups is 1. The Labute approximate surface area is 149 Å². The third-order valence-corrected chi connectivity index (χ3v) is 4.45. The molecule has 24 heavy (non-hydrogen) atoms. The second-order valence-electron chi connectivity index (χ2n) is 5.59. The van der Waals surface area contributed by atoms with Gasteiger partial charge in [0.1, 0.15) is 0 Å². The molecule has 0 radical (unpaired) electrons. The largest absolute Gasteiger partial charge is 0.348 e. The van der Waals surface area contributed by atoms with Crippen LogP contribution in [0.2, 0.25) is 0 Å². The van der Waals surface area contributed by atoms with Gasteiger partial charge >= 0.3 is 0 Å². The molecule has 5 heteroatoms. The van der Waals surface area contributed by atoms with Gasteiger partial charge in [0.2, 0.25) is 0 Å². The van der Waals surface area contributed by atoms with E-state index in [2.05, 4.69) is 26.3 Å². The summed E-state index contributed by atoms with van der Waals surface area (Å²) in [5.41, 5.74) is 4.65. The summed E-state index contributed by atoms with van der Waals surface area (Å²) in [6.45, 7) is 4.44. The Morgan fingerprint density at radius 3 is 2.58 bits per heavy atom. The molecule has 0 saturated heterocycles. The van der Waals surface area contributed by atoms with Gasteiger partial charge < -0.3 is 5.32 Å². The molecule has 0 unspecified atom stereocenters. The number of rotatable bonds is 4. The first-order chi connectivity index (χ1) is 11.6. The Morgan fingerprint density at radius 2 is 1.88 bits per heavy atom. The van der Waals surface area contributed by atoms with E-state index in [9.17, 15) is 4.79 Å². The van der Waals surface area contributed by atoms with Crippen LogP contribution in [-0.2, 0) is 6.54 Å².